The second kappa shape index (κ2) is 8.82. The highest BCUT2D eigenvalue weighted by atomic mass is 35.5. The van der Waals surface area contributed by atoms with Gasteiger partial charge in [-0.05, 0) is 36.8 Å². The van der Waals surface area contributed by atoms with Crippen molar-refractivity contribution in [3.8, 4) is 5.75 Å². The number of ether oxygens (including phenoxy) is 1. The van der Waals surface area contributed by atoms with E-state index in [0.717, 1.165) is 10.6 Å². The Morgan fingerprint density at radius 2 is 1.81 bits per heavy atom. The molecular formula is C18H20Cl2N2O4S. The van der Waals surface area contributed by atoms with E-state index < -0.39 is 22.0 Å². The van der Waals surface area contributed by atoms with Gasteiger partial charge in [-0.3, -0.25) is 9.10 Å². The number of sulfonamides is 1. The molecule has 0 radical (unpaired) electrons. The van der Waals surface area contributed by atoms with E-state index in [1.165, 1.54) is 25.3 Å². The van der Waals surface area contributed by atoms with Crippen molar-refractivity contribution < 1.29 is 17.9 Å². The second-order valence-electron chi connectivity index (χ2n) is 5.83. The Labute approximate surface area is 169 Å². The minimum atomic E-state index is -3.78. The SMILES string of the molecule is CCC(C(=O)Nc1cccc(OC)c1)N(c1cc(Cl)cc(Cl)c1)S(C)(=O)=O. The molecule has 0 spiro atoms. The topological polar surface area (TPSA) is 75.7 Å². The molecule has 0 aliphatic heterocycles. The van der Waals surface area contributed by atoms with Gasteiger partial charge in [-0.2, -0.15) is 0 Å². The summed E-state index contributed by atoms with van der Waals surface area (Å²) in [7, 11) is -2.26. The monoisotopic (exact) mass is 430 g/mol. The van der Waals surface area contributed by atoms with Crippen molar-refractivity contribution in [2.45, 2.75) is 19.4 Å². The van der Waals surface area contributed by atoms with Crippen LogP contribution in [0.1, 0.15) is 13.3 Å². The van der Waals surface area contributed by atoms with Crippen molar-refractivity contribution in [3.05, 3.63) is 52.5 Å². The molecule has 0 saturated heterocycles. The average Bonchev–Trinajstić information content (AvgIpc) is 2.57. The Balaban J connectivity index is 2.41. The van der Waals surface area contributed by atoms with Crippen LogP contribution in [0.25, 0.3) is 0 Å². The number of hydrogen-bond donors (Lipinski definition) is 1. The number of benzene rings is 2. The summed E-state index contributed by atoms with van der Waals surface area (Å²) in [6.45, 7) is 1.72. The van der Waals surface area contributed by atoms with E-state index in [9.17, 15) is 13.2 Å². The fourth-order valence-corrected chi connectivity index (χ4v) is 4.36. The molecule has 0 heterocycles. The highest BCUT2D eigenvalue weighted by molar-refractivity contribution is 7.92. The normalized spacial score (nSPS) is 12.3. The van der Waals surface area contributed by atoms with Gasteiger partial charge in [-0.15, -0.1) is 0 Å². The Kier molecular flexibility index (Phi) is 6.97. The van der Waals surface area contributed by atoms with E-state index in [2.05, 4.69) is 5.32 Å². The minimum absolute atomic E-state index is 0.225. The van der Waals surface area contributed by atoms with Gasteiger partial charge in [0.1, 0.15) is 11.8 Å². The molecule has 0 aliphatic rings. The molecule has 9 heteroatoms. The number of halogens is 2. The maximum Gasteiger partial charge on any atom is 0.248 e. The van der Waals surface area contributed by atoms with Crippen molar-refractivity contribution in [2.24, 2.45) is 0 Å². The van der Waals surface area contributed by atoms with Crippen molar-refractivity contribution in [1.29, 1.82) is 0 Å². The number of nitrogens with zero attached hydrogens (tertiary/aromatic N) is 1. The predicted molar refractivity (Wildman–Crippen MR) is 109 cm³/mol. The molecule has 0 bridgehead atoms. The van der Waals surface area contributed by atoms with E-state index in [-0.39, 0.29) is 22.2 Å². The van der Waals surface area contributed by atoms with Gasteiger partial charge in [-0.25, -0.2) is 8.42 Å². The lowest BCUT2D eigenvalue weighted by atomic mass is 10.1. The highest BCUT2D eigenvalue weighted by Gasteiger charge is 2.32. The van der Waals surface area contributed by atoms with Crippen molar-refractivity contribution in [1.82, 2.24) is 0 Å². The van der Waals surface area contributed by atoms with Crippen molar-refractivity contribution >= 4 is 50.5 Å². The third-order valence-electron chi connectivity index (χ3n) is 3.77. The van der Waals surface area contributed by atoms with Crippen LogP contribution in [-0.2, 0) is 14.8 Å². The zero-order valence-corrected chi connectivity index (χ0v) is 17.4. The summed E-state index contributed by atoms with van der Waals surface area (Å²) in [6.07, 6.45) is 1.27. The fourth-order valence-electron chi connectivity index (χ4n) is 2.65. The smallest absolute Gasteiger partial charge is 0.248 e. The predicted octanol–water partition coefficient (Wildman–Crippen LogP) is 4.19. The number of rotatable bonds is 7. The summed E-state index contributed by atoms with van der Waals surface area (Å²) >= 11 is 12.0. The first-order valence-corrected chi connectivity index (χ1v) is 10.7. The molecule has 27 heavy (non-hydrogen) atoms. The third-order valence-corrected chi connectivity index (χ3v) is 5.39. The Bertz CT molecular complexity index is 914. The number of anilines is 2. The molecule has 1 amide bonds. The molecule has 6 nitrogen and oxygen atoms in total. The van der Waals surface area contributed by atoms with Crippen molar-refractivity contribution in [2.75, 3.05) is 23.0 Å². The molecule has 2 rings (SSSR count). The quantitative estimate of drug-likeness (QED) is 0.714. The summed E-state index contributed by atoms with van der Waals surface area (Å²) in [5, 5.41) is 3.27. The van der Waals surface area contributed by atoms with Crippen LogP contribution < -0.4 is 14.4 Å². The Morgan fingerprint density at radius 3 is 2.33 bits per heavy atom. The lowest BCUT2D eigenvalue weighted by molar-refractivity contribution is -0.117. The fraction of sp³-hybridized carbons (Fsp3) is 0.278. The maximum absolute atomic E-state index is 12.9. The van der Waals surface area contributed by atoms with E-state index in [4.69, 9.17) is 27.9 Å². The summed E-state index contributed by atoms with van der Waals surface area (Å²) in [5.74, 6) is 0.0923. The molecule has 146 valence electrons. The van der Waals surface area contributed by atoms with Crippen LogP contribution in [0.4, 0.5) is 11.4 Å². The summed E-state index contributed by atoms with van der Waals surface area (Å²) in [6, 6.07) is 10.2. The van der Waals surface area contributed by atoms with Crippen LogP contribution in [0.2, 0.25) is 10.0 Å². The van der Waals surface area contributed by atoms with E-state index in [1.54, 1.807) is 31.2 Å². The van der Waals surface area contributed by atoms with Gasteiger partial charge in [0.25, 0.3) is 0 Å². The summed E-state index contributed by atoms with van der Waals surface area (Å²) < 4.78 is 31.1. The Hall–Kier alpha value is -1.96. The number of hydrogen-bond acceptors (Lipinski definition) is 4. The lowest BCUT2D eigenvalue weighted by Gasteiger charge is -2.30. The van der Waals surface area contributed by atoms with Crippen LogP contribution in [0, 0.1) is 0 Å². The third kappa shape index (κ3) is 5.51. The number of carbonyl (C=O) groups is 1. The van der Waals surface area contributed by atoms with Crippen LogP contribution in [-0.4, -0.2) is 33.7 Å². The van der Waals surface area contributed by atoms with Crippen LogP contribution in [0.15, 0.2) is 42.5 Å². The molecule has 0 aliphatic carbocycles. The van der Waals surface area contributed by atoms with Gasteiger partial charge in [-0.1, -0.05) is 36.2 Å². The van der Waals surface area contributed by atoms with E-state index >= 15 is 0 Å². The van der Waals surface area contributed by atoms with Crippen molar-refractivity contribution in [3.63, 3.8) is 0 Å². The summed E-state index contributed by atoms with van der Waals surface area (Å²) in [5.41, 5.74) is 0.720. The largest absolute Gasteiger partial charge is 0.497 e. The molecule has 1 N–H and O–H groups in total. The molecule has 0 fully saturated rings. The van der Waals surface area contributed by atoms with Crippen LogP contribution >= 0.6 is 23.2 Å². The summed E-state index contributed by atoms with van der Waals surface area (Å²) in [4.78, 5) is 12.9. The maximum atomic E-state index is 12.9. The molecule has 0 saturated carbocycles. The van der Waals surface area contributed by atoms with Gasteiger partial charge < -0.3 is 10.1 Å². The number of amides is 1. The molecule has 1 atom stereocenters. The molecule has 2 aromatic rings. The second-order valence-corrected chi connectivity index (χ2v) is 8.56. The average molecular weight is 431 g/mol. The number of methoxy groups -OCH3 is 1. The van der Waals surface area contributed by atoms with Gasteiger partial charge in [0.2, 0.25) is 15.9 Å². The van der Waals surface area contributed by atoms with E-state index in [0.29, 0.717) is 11.4 Å². The molecular weight excluding hydrogens is 411 g/mol. The first-order chi connectivity index (χ1) is 12.7. The van der Waals surface area contributed by atoms with Gasteiger partial charge in [0.05, 0.1) is 19.1 Å². The van der Waals surface area contributed by atoms with Gasteiger partial charge in [0, 0.05) is 21.8 Å². The standard InChI is InChI=1S/C18H20Cl2N2O4S/c1-4-17(18(23)21-14-6-5-7-16(11-14)26-2)22(27(3,24)25)15-9-12(19)8-13(20)10-15/h5-11,17H,4H2,1-3H3,(H,21,23). The first kappa shape index (κ1) is 21.3. The lowest BCUT2D eigenvalue weighted by Crippen LogP contribution is -2.47. The zero-order chi connectivity index (χ0) is 20.2. The number of carbonyl (C=O) groups excluding carboxylic acids is 1. The van der Waals surface area contributed by atoms with Crippen LogP contribution in [0.5, 0.6) is 5.75 Å². The minimum Gasteiger partial charge on any atom is -0.497 e. The molecule has 1 unspecified atom stereocenters. The van der Waals surface area contributed by atoms with Crippen LogP contribution in [0.3, 0.4) is 0 Å². The van der Waals surface area contributed by atoms with Gasteiger partial charge >= 0.3 is 0 Å². The Morgan fingerprint density at radius 1 is 1.19 bits per heavy atom. The molecule has 2 aromatic carbocycles. The first-order valence-electron chi connectivity index (χ1n) is 8.06. The van der Waals surface area contributed by atoms with E-state index in [1.807, 2.05) is 0 Å². The highest BCUT2D eigenvalue weighted by Crippen LogP contribution is 2.30. The number of nitrogens with one attached hydrogen (secondary N) is 1. The molecule has 0 aromatic heterocycles. The zero-order valence-electron chi connectivity index (χ0n) is 15.1. The van der Waals surface area contributed by atoms with Gasteiger partial charge in [0.15, 0.2) is 0 Å².